The number of rotatable bonds is 4. The van der Waals surface area contributed by atoms with Crippen LogP contribution in [0.1, 0.15) is 22.7 Å². The Morgan fingerprint density at radius 1 is 1.40 bits per heavy atom. The Bertz CT molecular complexity index is 626. The van der Waals surface area contributed by atoms with Gasteiger partial charge in [-0.2, -0.15) is 4.89 Å². The molecule has 8 nitrogen and oxygen atoms in total. The van der Waals surface area contributed by atoms with Crippen LogP contribution in [0.4, 0.5) is 4.79 Å². The highest BCUT2D eigenvalue weighted by Crippen LogP contribution is 2.27. The van der Waals surface area contributed by atoms with Gasteiger partial charge in [-0.25, -0.2) is 4.79 Å². The van der Waals surface area contributed by atoms with Crippen LogP contribution < -0.4 is 10.9 Å². The summed E-state index contributed by atoms with van der Waals surface area (Å²) in [6.07, 6.45) is 1.15. The molecule has 1 aliphatic rings. The Morgan fingerprint density at radius 3 is 2.75 bits per heavy atom. The predicted molar refractivity (Wildman–Crippen MR) is 67.9 cm³/mol. The van der Waals surface area contributed by atoms with Crippen LogP contribution in [0.15, 0.2) is 23.1 Å². The third-order valence-electron chi connectivity index (χ3n) is 2.35. The summed E-state index contributed by atoms with van der Waals surface area (Å²) in [6, 6.07) is 2.36. The SMILES string of the molecule is CCOOC(=O)c1ccc(=O)n([C@H]2SC(=O)NC2=O)c1. The number of pyridine rings is 1. The average Bonchev–Trinajstić information content (AvgIpc) is 2.75. The van der Waals surface area contributed by atoms with Crippen LogP contribution in [0.2, 0.25) is 0 Å². The Hall–Kier alpha value is -2.13. The van der Waals surface area contributed by atoms with E-state index in [0.29, 0.717) is 11.8 Å². The summed E-state index contributed by atoms with van der Waals surface area (Å²) < 4.78 is 0.993. The molecule has 9 heteroatoms. The number of nitrogens with zero attached hydrogens (tertiary/aromatic N) is 1. The van der Waals surface area contributed by atoms with Gasteiger partial charge in [-0.1, -0.05) is 0 Å². The highest BCUT2D eigenvalue weighted by atomic mass is 32.2. The van der Waals surface area contributed by atoms with E-state index < -0.39 is 28.0 Å². The number of thioether (sulfide) groups is 1. The van der Waals surface area contributed by atoms with Crippen LogP contribution in [0, 0.1) is 0 Å². The second kappa shape index (κ2) is 5.88. The molecular formula is C11H10N2O6S. The van der Waals surface area contributed by atoms with E-state index in [9.17, 15) is 19.2 Å². The minimum absolute atomic E-state index is 0.0331. The molecule has 1 N–H and O–H groups in total. The molecule has 1 aromatic heterocycles. The van der Waals surface area contributed by atoms with Crippen LogP contribution in [-0.4, -0.2) is 28.3 Å². The number of aromatic nitrogens is 1. The first-order chi connectivity index (χ1) is 9.52. The zero-order chi connectivity index (χ0) is 14.7. The molecule has 0 unspecified atom stereocenters. The molecule has 1 fully saturated rings. The Balaban J connectivity index is 2.30. The topological polar surface area (TPSA) is 104 Å². The zero-order valence-corrected chi connectivity index (χ0v) is 11.1. The molecule has 0 radical (unpaired) electrons. The van der Waals surface area contributed by atoms with Crippen LogP contribution in [0.25, 0.3) is 0 Å². The molecule has 2 rings (SSSR count). The number of carbonyl (C=O) groups is 3. The smallest absolute Gasteiger partial charge is 0.293 e. The summed E-state index contributed by atoms with van der Waals surface area (Å²) in [5.74, 6) is -1.41. The molecular weight excluding hydrogens is 288 g/mol. The standard InChI is InChI=1S/C11H10N2O6S/c1-2-18-19-10(16)6-3-4-7(14)13(5-6)9-8(15)12-11(17)20-9/h3-5,9H,2H2,1H3,(H,12,15,17)/t9-/m0/s1. The maximum absolute atomic E-state index is 11.7. The lowest BCUT2D eigenvalue weighted by Crippen LogP contribution is -2.29. The summed E-state index contributed by atoms with van der Waals surface area (Å²) in [5, 5.41) is 0.480. The third-order valence-corrected chi connectivity index (χ3v) is 3.33. The number of hydrogen-bond donors (Lipinski definition) is 1. The molecule has 0 saturated carbocycles. The molecule has 0 spiro atoms. The van der Waals surface area contributed by atoms with Gasteiger partial charge in [0.1, 0.15) is 0 Å². The molecule has 20 heavy (non-hydrogen) atoms. The lowest BCUT2D eigenvalue weighted by molar-refractivity contribution is -0.236. The first-order valence-electron chi connectivity index (χ1n) is 5.60. The molecule has 1 aliphatic heterocycles. The van der Waals surface area contributed by atoms with Crippen molar-refractivity contribution < 1.29 is 24.2 Å². The van der Waals surface area contributed by atoms with Crippen molar-refractivity contribution in [2.24, 2.45) is 0 Å². The van der Waals surface area contributed by atoms with Crippen LogP contribution in [0.5, 0.6) is 0 Å². The van der Waals surface area contributed by atoms with E-state index >= 15 is 0 Å². The molecule has 106 valence electrons. The van der Waals surface area contributed by atoms with E-state index in [1.165, 1.54) is 6.07 Å². The van der Waals surface area contributed by atoms with Crippen molar-refractivity contribution in [3.8, 4) is 0 Å². The van der Waals surface area contributed by atoms with Gasteiger partial charge in [-0.05, 0) is 24.8 Å². The van der Waals surface area contributed by atoms with Gasteiger partial charge in [0.05, 0.1) is 12.2 Å². The first-order valence-corrected chi connectivity index (χ1v) is 6.48. The van der Waals surface area contributed by atoms with Crippen molar-refractivity contribution in [2.75, 3.05) is 6.61 Å². The highest BCUT2D eigenvalue weighted by molar-refractivity contribution is 8.14. The molecule has 0 aromatic carbocycles. The maximum atomic E-state index is 11.7. The fourth-order valence-corrected chi connectivity index (χ4v) is 2.30. The van der Waals surface area contributed by atoms with E-state index in [1.807, 2.05) is 0 Å². The number of hydrogen-bond acceptors (Lipinski definition) is 7. The maximum Gasteiger partial charge on any atom is 0.374 e. The predicted octanol–water partition coefficient (Wildman–Crippen LogP) is 0.438. The van der Waals surface area contributed by atoms with Crippen molar-refractivity contribution in [1.82, 2.24) is 9.88 Å². The number of nitrogens with one attached hydrogen (secondary N) is 1. The van der Waals surface area contributed by atoms with Gasteiger partial charge in [0, 0.05) is 12.3 Å². The van der Waals surface area contributed by atoms with E-state index in [2.05, 4.69) is 15.1 Å². The third kappa shape index (κ3) is 2.89. The fourth-order valence-electron chi connectivity index (χ4n) is 1.50. The van der Waals surface area contributed by atoms with Gasteiger partial charge in [0.2, 0.25) is 0 Å². The van der Waals surface area contributed by atoms with E-state index in [4.69, 9.17) is 0 Å². The monoisotopic (exact) mass is 298 g/mol. The normalized spacial score (nSPS) is 17.9. The number of carbonyl (C=O) groups excluding carboxylic acids is 3. The number of amides is 2. The van der Waals surface area contributed by atoms with E-state index in [1.54, 1.807) is 6.92 Å². The summed E-state index contributed by atoms with van der Waals surface area (Å²) in [7, 11) is 0. The summed E-state index contributed by atoms with van der Waals surface area (Å²) in [6.45, 7) is 1.82. The van der Waals surface area contributed by atoms with Crippen LogP contribution in [-0.2, 0) is 14.6 Å². The van der Waals surface area contributed by atoms with Crippen LogP contribution >= 0.6 is 11.8 Å². The molecule has 1 aromatic rings. The summed E-state index contributed by atoms with van der Waals surface area (Å²) in [5.41, 5.74) is -0.480. The zero-order valence-electron chi connectivity index (χ0n) is 10.3. The van der Waals surface area contributed by atoms with Crippen molar-refractivity contribution in [3.63, 3.8) is 0 Å². The molecule has 1 saturated heterocycles. The number of imide groups is 1. The van der Waals surface area contributed by atoms with Gasteiger partial charge < -0.3 is 0 Å². The van der Waals surface area contributed by atoms with Crippen molar-refractivity contribution in [1.29, 1.82) is 0 Å². The quantitative estimate of drug-likeness (QED) is 0.635. The van der Waals surface area contributed by atoms with E-state index in [0.717, 1.165) is 16.8 Å². The van der Waals surface area contributed by atoms with Gasteiger partial charge >= 0.3 is 5.97 Å². The molecule has 2 amide bonds. The Morgan fingerprint density at radius 2 is 2.15 bits per heavy atom. The van der Waals surface area contributed by atoms with Crippen molar-refractivity contribution >= 4 is 28.9 Å². The minimum Gasteiger partial charge on any atom is -0.293 e. The van der Waals surface area contributed by atoms with Gasteiger partial charge in [-0.3, -0.25) is 29.2 Å². The highest BCUT2D eigenvalue weighted by Gasteiger charge is 2.34. The van der Waals surface area contributed by atoms with Gasteiger partial charge in [0.25, 0.3) is 16.7 Å². The molecule has 0 aliphatic carbocycles. The molecule has 2 heterocycles. The van der Waals surface area contributed by atoms with Crippen LogP contribution in [0.3, 0.4) is 0 Å². The van der Waals surface area contributed by atoms with E-state index in [-0.39, 0.29) is 12.2 Å². The van der Waals surface area contributed by atoms with Gasteiger partial charge in [0.15, 0.2) is 5.37 Å². The second-order valence-corrected chi connectivity index (χ2v) is 4.74. The summed E-state index contributed by atoms with van der Waals surface area (Å²) >= 11 is 0.659. The van der Waals surface area contributed by atoms with Crippen molar-refractivity contribution in [2.45, 2.75) is 12.3 Å². The average molecular weight is 298 g/mol. The largest absolute Gasteiger partial charge is 0.374 e. The first kappa shape index (κ1) is 14.3. The summed E-state index contributed by atoms with van der Waals surface area (Å²) in [4.78, 5) is 54.9. The molecule has 0 bridgehead atoms. The second-order valence-electron chi connectivity index (χ2n) is 3.69. The Kier molecular flexibility index (Phi) is 4.20. The lowest BCUT2D eigenvalue weighted by atomic mass is 10.3. The van der Waals surface area contributed by atoms with Crippen molar-refractivity contribution in [3.05, 3.63) is 34.2 Å². The fraction of sp³-hybridized carbons (Fsp3) is 0.273. The van der Waals surface area contributed by atoms with Gasteiger partial charge in [-0.15, -0.1) is 0 Å². The molecule has 1 atom stereocenters. The minimum atomic E-state index is -1.03. The Labute approximate surface area is 117 Å². The lowest BCUT2D eigenvalue weighted by Gasteiger charge is -2.10.